The van der Waals surface area contributed by atoms with Crippen LogP contribution in [0.25, 0.3) is 35.2 Å². The Labute approximate surface area is 405 Å². The molecule has 1 unspecified atom stereocenters. The van der Waals surface area contributed by atoms with Crippen molar-refractivity contribution in [2.75, 3.05) is 13.7 Å². The van der Waals surface area contributed by atoms with Crippen molar-refractivity contribution in [3.05, 3.63) is 102 Å². The molecule has 65 heavy (non-hydrogen) atoms. The molecule has 3 aromatic rings. The van der Waals surface area contributed by atoms with Gasteiger partial charge in [-0.2, -0.15) is 11.4 Å². The Hall–Kier alpha value is -3.83. The van der Waals surface area contributed by atoms with Crippen LogP contribution in [0.15, 0.2) is 29.6 Å². The Morgan fingerprint density at radius 3 is 2.15 bits per heavy atom. The minimum absolute atomic E-state index is 0. The number of carbonyl (C=O) groups is 2. The summed E-state index contributed by atoms with van der Waals surface area (Å²) < 4.78 is 11.3. The van der Waals surface area contributed by atoms with E-state index in [1.807, 2.05) is 38.2 Å². The molecule has 5 heterocycles. The van der Waals surface area contributed by atoms with Crippen molar-refractivity contribution in [2.24, 2.45) is 35.5 Å². The number of fused-ring (bicyclic) bond motifs is 7. The van der Waals surface area contributed by atoms with Gasteiger partial charge in [-0.05, 0) is 95.0 Å². The third kappa shape index (κ3) is 11.8. The van der Waals surface area contributed by atoms with Crippen LogP contribution in [0.3, 0.4) is 0 Å². The fraction of sp³-hybridized carbons (Fsp3) is 0.564. The van der Waals surface area contributed by atoms with Gasteiger partial charge < -0.3 is 34.8 Å². The van der Waals surface area contributed by atoms with Gasteiger partial charge >= 0.3 is 29.0 Å². The number of hydrogen-bond donors (Lipinski definition) is 1. The molecule has 9 nitrogen and oxygen atoms in total. The van der Waals surface area contributed by atoms with Gasteiger partial charge in [0.1, 0.15) is 5.92 Å². The van der Waals surface area contributed by atoms with Gasteiger partial charge in [0, 0.05) is 5.56 Å². The standard InChI is InChI=1S/C55H75N4O5.Mg/c1-13-39-35(8)42-28-44-37(10)41(24-25-48(60)64-27-26-34(7)23-17-22-33(6)21-16-20-32(5)19-15-18-31(3)4)52(58-44)50-51(55(62)63-12)54(61)49-38(11)45(59-53(49)50)30-47-40(14-2)36(9)43(57-47)29-46(39)56-42;/h13,26,28-33,37,41,48,51,60H,1,14-25,27H2,2-12H3,(H-,58,59,61);/q-3;+2/p-1/b34-26+,43-29-,44-28-,47-30-;/t32-,33-,37+,41+,48?,51-;/m1./s1. The van der Waals surface area contributed by atoms with Crippen molar-refractivity contribution in [3.63, 3.8) is 0 Å². The Balaban J connectivity index is 0.00000793. The van der Waals surface area contributed by atoms with E-state index in [0.29, 0.717) is 53.2 Å². The van der Waals surface area contributed by atoms with Gasteiger partial charge in [-0.1, -0.05) is 157 Å². The fourth-order valence-electron chi connectivity index (χ4n) is 10.2. The second-order valence-electron chi connectivity index (χ2n) is 19.6. The van der Waals surface area contributed by atoms with Crippen LogP contribution in [0.4, 0.5) is 0 Å². The molecule has 3 aliphatic rings. The Bertz CT molecular complexity index is 2400. The van der Waals surface area contributed by atoms with E-state index in [-0.39, 0.29) is 40.7 Å². The second kappa shape index (κ2) is 23.3. The number of aliphatic hydroxyl groups excluding tert-OH is 1. The Morgan fingerprint density at radius 2 is 1.51 bits per heavy atom. The summed E-state index contributed by atoms with van der Waals surface area (Å²) in [6.07, 6.45) is 21.9. The molecule has 3 aromatic heterocycles. The third-order valence-electron chi connectivity index (χ3n) is 14.3. The maximum Gasteiger partial charge on any atom is 2.00 e. The van der Waals surface area contributed by atoms with Gasteiger partial charge in [0.25, 0.3) is 0 Å². The summed E-state index contributed by atoms with van der Waals surface area (Å²) in [5.41, 5.74) is 11.0. The molecule has 1 saturated heterocycles. The van der Waals surface area contributed by atoms with Crippen molar-refractivity contribution < 1.29 is 24.2 Å². The van der Waals surface area contributed by atoms with Gasteiger partial charge in [0.2, 0.25) is 0 Å². The van der Waals surface area contributed by atoms with E-state index in [2.05, 4.69) is 68.0 Å². The maximum atomic E-state index is 14.4. The van der Waals surface area contributed by atoms with Crippen LogP contribution in [0.5, 0.6) is 0 Å². The predicted octanol–water partition coefficient (Wildman–Crippen LogP) is 10.2. The Kier molecular flexibility index (Phi) is 18.7. The van der Waals surface area contributed by atoms with Crippen molar-refractivity contribution in [1.82, 2.24) is 15.0 Å². The van der Waals surface area contributed by atoms with Crippen LogP contribution in [0.1, 0.15) is 180 Å². The van der Waals surface area contributed by atoms with E-state index in [0.717, 1.165) is 87.1 Å². The summed E-state index contributed by atoms with van der Waals surface area (Å²) in [4.78, 5) is 43.3. The first kappa shape index (κ1) is 52.1. The number of ether oxygens (including phenoxy) is 2. The molecule has 1 N–H and O–H groups in total. The smallest absolute Gasteiger partial charge is 0.664 e. The first-order chi connectivity index (χ1) is 30.6. The third-order valence-corrected chi connectivity index (χ3v) is 14.3. The SMILES string of the molecule is C=Cc1c2[n-]c(c1C)/C=C1\[N-]/C(=C3\c4[n-]c(c(C)c4C(=O)[C@@H]3C(=O)OC)/C=c3\[n-]/c(c(C)c3CC)=C\2)[C@@H](CCC(O)OC/C=C(\C)CCC[C@H](C)CCC[C@H](C)CCCC(C)C)[C@@H]1C.[Mg+2]. The molecule has 1 fully saturated rings. The monoisotopic (exact) mass is 895 g/mol. The number of allylic oxidation sites excluding steroid dienone is 3. The second-order valence-corrected chi connectivity index (χ2v) is 19.6. The Morgan fingerprint density at radius 1 is 0.862 bits per heavy atom. The van der Waals surface area contributed by atoms with E-state index in [1.54, 1.807) is 0 Å². The number of nitrogens with zero attached hydrogens (tertiary/aromatic N) is 4. The molecule has 348 valence electrons. The molecule has 1 aliphatic carbocycles. The first-order valence-corrected chi connectivity index (χ1v) is 24.2. The zero-order chi connectivity index (χ0) is 46.4. The molecular formula is C55H74MgN4O5-2. The number of carbonyl (C=O) groups excluding carboxylic acids is 2. The zero-order valence-corrected chi connectivity index (χ0v) is 42.8. The number of Topliss-reactive ketones (excluding diaryl/α,β-unsaturated/α-hetero) is 1. The average Bonchev–Trinajstić information content (AvgIpc) is 3.99. The summed E-state index contributed by atoms with van der Waals surface area (Å²) in [7, 11) is 1.31. The average molecular weight is 896 g/mol. The molecular weight excluding hydrogens is 821 g/mol. The van der Waals surface area contributed by atoms with E-state index in [4.69, 9.17) is 29.7 Å². The van der Waals surface area contributed by atoms with E-state index in [1.165, 1.54) is 57.6 Å². The topological polar surface area (TPSA) is 129 Å². The molecule has 0 amide bonds. The van der Waals surface area contributed by atoms with Gasteiger partial charge in [0.05, 0.1) is 13.7 Å². The predicted molar refractivity (Wildman–Crippen MR) is 266 cm³/mol. The molecule has 0 radical (unpaired) electrons. The van der Waals surface area contributed by atoms with Crippen LogP contribution in [-0.4, -0.2) is 59.9 Å². The van der Waals surface area contributed by atoms with Crippen LogP contribution < -0.4 is 25.7 Å². The van der Waals surface area contributed by atoms with Gasteiger partial charge in [-0.3, -0.25) is 9.59 Å². The fourth-order valence-corrected chi connectivity index (χ4v) is 10.2. The quantitative estimate of drug-likeness (QED) is 0.0368. The minimum Gasteiger partial charge on any atom is -0.664 e. The number of aliphatic hydroxyl groups is 1. The summed E-state index contributed by atoms with van der Waals surface area (Å²) >= 11 is 0. The van der Waals surface area contributed by atoms with E-state index < -0.39 is 18.2 Å². The number of rotatable bonds is 21. The molecule has 0 spiro atoms. The van der Waals surface area contributed by atoms with E-state index in [9.17, 15) is 14.7 Å². The molecule has 0 saturated carbocycles. The molecule has 10 heteroatoms. The summed E-state index contributed by atoms with van der Waals surface area (Å²) in [6, 6.07) is 0. The van der Waals surface area contributed by atoms with Crippen molar-refractivity contribution in [3.8, 4) is 0 Å². The summed E-state index contributed by atoms with van der Waals surface area (Å²) in [6.45, 7) is 26.2. The normalized spacial score (nSPS) is 22.3. The van der Waals surface area contributed by atoms with Crippen molar-refractivity contribution >= 4 is 64.7 Å². The number of aromatic nitrogens is 3. The number of ketones is 1. The first-order valence-electron chi connectivity index (χ1n) is 24.2. The zero-order valence-electron chi connectivity index (χ0n) is 41.4. The van der Waals surface area contributed by atoms with Gasteiger partial charge in [-0.15, -0.1) is 33.5 Å². The van der Waals surface area contributed by atoms with E-state index >= 15 is 0 Å². The van der Waals surface area contributed by atoms with Crippen LogP contribution >= 0.6 is 0 Å². The molecule has 0 aromatic carbocycles. The van der Waals surface area contributed by atoms with Crippen molar-refractivity contribution in [1.29, 1.82) is 0 Å². The number of hydrogen-bond acceptors (Lipinski definition) is 5. The minimum atomic E-state index is -1.20. The molecule has 8 bridgehead atoms. The van der Waals surface area contributed by atoms with Crippen molar-refractivity contribution in [2.45, 2.75) is 153 Å². The maximum absolute atomic E-state index is 14.4. The van der Waals surface area contributed by atoms with Crippen LogP contribution in [0.2, 0.25) is 0 Å². The van der Waals surface area contributed by atoms with Gasteiger partial charge in [-0.25, -0.2) is 0 Å². The summed E-state index contributed by atoms with van der Waals surface area (Å²) in [5, 5.41) is 18.1. The van der Waals surface area contributed by atoms with Gasteiger partial charge in [0.15, 0.2) is 12.1 Å². The largest absolute Gasteiger partial charge is 2.00 e. The van der Waals surface area contributed by atoms with Crippen LogP contribution in [-0.2, 0) is 20.7 Å². The number of esters is 1. The van der Waals surface area contributed by atoms with Crippen LogP contribution in [0, 0.1) is 56.3 Å². The summed E-state index contributed by atoms with van der Waals surface area (Å²) in [5.74, 6) is -0.223. The molecule has 2 aliphatic heterocycles. The molecule has 6 atom stereocenters. The number of methoxy groups -OCH3 is 1. The molecule has 6 rings (SSSR count).